The van der Waals surface area contributed by atoms with Crippen LogP contribution in [0.2, 0.25) is 0 Å². The smallest absolute Gasteiger partial charge is 0.130 e. The summed E-state index contributed by atoms with van der Waals surface area (Å²) in [5.41, 5.74) is 5.53. The molecular formula is C9H13N3. The molecule has 0 radical (unpaired) electrons. The molecule has 3 nitrogen and oxygen atoms in total. The predicted octanol–water partition coefficient (Wildman–Crippen LogP) is 1.40. The van der Waals surface area contributed by atoms with E-state index in [4.69, 9.17) is 5.73 Å². The summed E-state index contributed by atoms with van der Waals surface area (Å²) in [4.78, 5) is 8.29. The maximum atomic E-state index is 5.53. The zero-order valence-corrected chi connectivity index (χ0v) is 7.03. The second-order valence-corrected chi connectivity index (χ2v) is 3.38. The van der Waals surface area contributed by atoms with Gasteiger partial charge < -0.3 is 5.73 Å². The maximum absolute atomic E-state index is 5.53. The highest BCUT2D eigenvalue weighted by atomic mass is 14.9. The van der Waals surface area contributed by atoms with Crippen molar-refractivity contribution >= 4 is 5.82 Å². The Labute approximate surface area is 72.0 Å². The monoisotopic (exact) mass is 163 g/mol. The highest BCUT2D eigenvalue weighted by molar-refractivity contribution is 5.24. The first-order chi connectivity index (χ1) is 5.84. The van der Waals surface area contributed by atoms with E-state index in [0.29, 0.717) is 5.82 Å². The molecule has 2 N–H and O–H groups in total. The van der Waals surface area contributed by atoms with Gasteiger partial charge in [0.2, 0.25) is 0 Å². The molecule has 2 rings (SSSR count). The fourth-order valence-electron chi connectivity index (χ4n) is 1.28. The van der Waals surface area contributed by atoms with Gasteiger partial charge in [0, 0.05) is 12.6 Å². The average molecular weight is 163 g/mol. The van der Waals surface area contributed by atoms with Crippen LogP contribution in [0.4, 0.5) is 5.82 Å². The molecule has 0 aromatic carbocycles. The molecule has 3 heteroatoms. The molecule has 1 aromatic rings. The van der Waals surface area contributed by atoms with Crippen molar-refractivity contribution in [2.45, 2.75) is 25.7 Å². The minimum atomic E-state index is 0.579. The van der Waals surface area contributed by atoms with Crippen molar-refractivity contribution in [3.63, 3.8) is 0 Å². The van der Waals surface area contributed by atoms with Gasteiger partial charge in [-0.25, -0.2) is 9.97 Å². The van der Waals surface area contributed by atoms with Crippen molar-refractivity contribution in [3.05, 3.63) is 18.1 Å². The van der Waals surface area contributed by atoms with Crippen LogP contribution in [0.25, 0.3) is 0 Å². The van der Waals surface area contributed by atoms with Crippen LogP contribution in [0.15, 0.2) is 12.3 Å². The molecule has 0 atom stereocenters. The molecule has 0 saturated heterocycles. The molecule has 1 aromatic heterocycles. The van der Waals surface area contributed by atoms with Crippen molar-refractivity contribution in [1.29, 1.82) is 0 Å². The zero-order chi connectivity index (χ0) is 8.39. The van der Waals surface area contributed by atoms with Gasteiger partial charge in [0.15, 0.2) is 0 Å². The van der Waals surface area contributed by atoms with Gasteiger partial charge in [0.1, 0.15) is 11.6 Å². The van der Waals surface area contributed by atoms with Crippen LogP contribution < -0.4 is 5.73 Å². The van der Waals surface area contributed by atoms with Gasteiger partial charge in [-0.15, -0.1) is 0 Å². The van der Waals surface area contributed by atoms with E-state index in [-0.39, 0.29) is 0 Å². The summed E-state index contributed by atoms with van der Waals surface area (Å²) < 4.78 is 0. The van der Waals surface area contributed by atoms with Crippen LogP contribution in [-0.4, -0.2) is 9.97 Å². The van der Waals surface area contributed by atoms with Crippen LogP contribution in [-0.2, 0) is 6.42 Å². The van der Waals surface area contributed by atoms with E-state index in [0.717, 1.165) is 18.2 Å². The van der Waals surface area contributed by atoms with Crippen molar-refractivity contribution < 1.29 is 0 Å². The standard InChI is InChI=1S/C9H13N3/c10-8-5-6-11-9(12-8)4-3-7-1-2-7/h5-7H,1-4H2,(H2,10,11,12). The van der Waals surface area contributed by atoms with E-state index < -0.39 is 0 Å². The molecule has 1 heterocycles. The first-order valence-corrected chi connectivity index (χ1v) is 4.42. The molecule has 0 aliphatic heterocycles. The van der Waals surface area contributed by atoms with E-state index in [2.05, 4.69) is 9.97 Å². The molecule has 1 aliphatic rings. The SMILES string of the molecule is Nc1ccnc(CCC2CC2)n1. The topological polar surface area (TPSA) is 51.8 Å². The minimum Gasteiger partial charge on any atom is -0.384 e. The van der Waals surface area contributed by atoms with Crippen molar-refractivity contribution in [2.24, 2.45) is 5.92 Å². The third-order valence-electron chi connectivity index (χ3n) is 2.20. The van der Waals surface area contributed by atoms with Gasteiger partial charge in [0.25, 0.3) is 0 Å². The molecule has 0 bridgehead atoms. The van der Waals surface area contributed by atoms with Crippen molar-refractivity contribution in [2.75, 3.05) is 5.73 Å². The number of aryl methyl sites for hydroxylation is 1. The highest BCUT2D eigenvalue weighted by Crippen LogP contribution is 2.33. The molecule has 0 unspecified atom stereocenters. The number of hydrogen-bond acceptors (Lipinski definition) is 3. The van der Waals surface area contributed by atoms with Crippen LogP contribution in [0.3, 0.4) is 0 Å². The van der Waals surface area contributed by atoms with Gasteiger partial charge in [-0.1, -0.05) is 12.8 Å². The Morgan fingerprint density at radius 2 is 2.33 bits per heavy atom. The fraction of sp³-hybridized carbons (Fsp3) is 0.556. The summed E-state index contributed by atoms with van der Waals surface area (Å²) in [7, 11) is 0. The first-order valence-electron chi connectivity index (χ1n) is 4.42. The molecule has 1 fully saturated rings. The largest absolute Gasteiger partial charge is 0.384 e. The van der Waals surface area contributed by atoms with E-state index in [1.807, 2.05) is 0 Å². The summed E-state index contributed by atoms with van der Waals surface area (Å²) in [5.74, 6) is 2.41. The predicted molar refractivity (Wildman–Crippen MR) is 47.5 cm³/mol. The third-order valence-corrected chi connectivity index (χ3v) is 2.20. The zero-order valence-electron chi connectivity index (χ0n) is 7.03. The molecule has 1 saturated carbocycles. The molecule has 1 aliphatic carbocycles. The van der Waals surface area contributed by atoms with E-state index in [9.17, 15) is 0 Å². The number of anilines is 1. The second-order valence-electron chi connectivity index (χ2n) is 3.38. The summed E-state index contributed by atoms with van der Waals surface area (Å²) in [6.07, 6.45) is 6.72. The van der Waals surface area contributed by atoms with Crippen LogP contribution in [0.1, 0.15) is 25.1 Å². The van der Waals surface area contributed by atoms with E-state index in [1.165, 1.54) is 19.3 Å². The van der Waals surface area contributed by atoms with Crippen molar-refractivity contribution in [1.82, 2.24) is 9.97 Å². The summed E-state index contributed by atoms with van der Waals surface area (Å²) >= 11 is 0. The lowest BCUT2D eigenvalue weighted by Gasteiger charge is -1.98. The second kappa shape index (κ2) is 3.09. The van der Waals surface area contributed by atoms with Gasteiger partial charge in [0.05, 0.1) is 0 Å². The van der Waals surface area contributed by atoms with Crippen molar-refractivity contribution in [3.8, 4) is 0 Å². The number of nitrogens with zero attached hydrogens (tertiary/aromatic N) is 2. The van der Waals surface area contributed by atoms with Crippen LogP contribution in [0.5, 0.6) is 0 Å². The molecule has 64 valence electrons. The average Bonchev–Trinajstić information content (AvgIpc) is 2.84. The van der Waals surface area contributed by atoms with Crippen LogP contribution in [0, 0.1) is 5.92 Å². The molecular weight excluding hydrogens is 150 g/mol. The number of rotatable bonds is 3. The minimum absolute atomic E-state index is 0.579. The Morgan fingerprint density at radius 3 is 3.00 bits per heavy atom. The Kier molecular flexibility index (Phi) is 1.94. The Hall–Kier alpha value is -1.12. The van der Waals surface area contributed by atoms with E-state index in [1.54, 1.807) is 12.3 Å². The molecule has 12 heavy (non-hydrogen) atoms. The van der Waals surface area contributed by atoms with E-state index >= 15 is 0 Å². The van der Waals surface area contributed by atoms with Gasteiger partial charge >= 0.3 is 0 Å². The highest BCUT2D eigenvalue weighted by Gasteiger charge is 2.20. The third kappa shape index (κ3) is 1.94. The molecule has 0 amide bonds. The summed E-state index contributed by atoms with van der Waals surface area (Å²) in [5, 5.41) is 0. The Bertz CT molecular complexity index is 268. The normalized spacial score (nSPS) is 16.3. The quantitative estimate of drug-likeness (QED) is 0.732. The Morgan fingerprint density at radius 1 is 1.50 bits per heavy atom. The summed E-state index contributed by atoms with van der Waals surface area (Å²) in [6.45, 7) is 0. The number of aromatic nitrogens is 2. The van der Waals surface area contributed by atoms with Gasteiger partial charge in [-0.3, -0.25) is 0 Å². The number of nitrogen functional groups attached to an aromatic ring is 1. The first kappa shape index (κ1) is 7.53. The fourth-order valence-corrected chi connectivity index (χ4v) is 1.28. The lowest BCUT2D eigenvalue weighted by Crippen LogP contribution is -1.98. The Balaban J connectivity index is 1.92. The van der Waals surface area contributed by atoms with Gasteiger partial charge in [-0.05, 0) is 18.4 Å². The van der Waals surface area contributed by atoms with Crippen LogP contribution >= 0.6 is 0 Å². The van der Waals surface area contributed by atoms with Gasteiger partial charge in [-0.2, -0.15) is 0 Å². The number of hydrogen-bond donors (Lipinski definition) is 1. The maximum Gasteiger partial charge on any atom is 0.130 e. The molecule has 0 spiro atoms. The lowest BCUT2D eigenvalue weighted by molar-refractivity contribution is 0.698. The lowest BCUT2D eigenvalue weighted by atomic mass is 10.2. The number of nitrogens with two attached hydrogens (primary N) is 1. The summed E-state index contributed by atoms with van der Waals surface area (Å²) in [6, 6.07) is 1.72.